The number of carbonyl (C=O) groups excluding carboxylic acids is 2. The number of carbonyl (C=O) groups is 2. The second kappa shape index (κ2) is 65.6. The van der Waals surface area contributed by atoms with Gasteiger partial charge in [0, 0.05) is 12.8 Å². The number of esters is 1. The molecule has 6 N–H and O–H groups in total. The Morgan fingerprint density at radius 3 is 1.19 bits per heavy atom. The average molecular weight is 1240 g/mol. The van der Waals surface area contributed by atoms with Crippen LogP contribution in [0, 0.1) is 0 Å². The number of ether oxygens (including phenoxy) is 3. The molecule has 1 amide bonds. The van der Waals surface area contributed by atoms with Crippen molar-refractivity contribution in [1.29, 1.82) is 0 Å². The Bertz CT molecular complexity index is 1690. The molecule has 0 aliphatic carbocycles. The zero-order valence-corrected chi connectivity index (χ0v) is 56.9. The van der Waals surface area contributed by atoms with Crippen molar-refractivity contribution in [3.63, 3.8) is 0 Å². The van der Waals surface area contributed by atoms with Crippen LogP contribution in [0.25, 0.3) is 0 Å². The number of hydrogen-bond donors (Lipinski definition) is 6. The summed E-state index contributed by atoms with van der Waals surface area (Å²) in [5.74, 6) is -0.195. The van der Waals surface area contributed by atoms with Gasteiger partial charge in [-0.05, 0) is 116 Å². The highest BCUT2D eigenvalue weighted by molar-refractivity contribution is 5.76. The second-order valence-corrected chi connectivity index (χ2v) is 25.6. The lowest BCUT2D eigenvalue weighted by atomic mass is 9.99. The maximum absolute atomic E-state index is 13.1. The summed E-state index contributed by atoms with van der Waals surface area (Å²) in [5.41, 5.74) is 0. The Labute approximate surface area is 541 Å². The van der Waals surface area contributed by atoms with Crippen LogP contribution in [-0.4, -0.2) is 100 Å². The number of rotatable bonds is 65. The van der Waals surface area contributed by atoms with Crippen LogP contribution in [0.5, 0.6) is 0 Å². The highest BCUT2D eigenvalue weighted by atomic mass is 16.7. The lowest BCUT2D eigenvalue weighted by molar-refractivity contribution is -0.302. The lowest BCUT2D eigenvalue weighted by Gasteiger charge is -2.40. The number of allylic oxidation sites excluding steroid dienone is 11. The van der Waals surface area contributed by atoms with E-state index in [1.807, 2.05) is 6.08 Å². The molecule has 7 unspecified atom stereocenters. The maximum Gasteiger partial charge on any atom is 0.305 e. The van der Waals surface area contributed by atoms with Crippen LogP contribution in [0.2, 0.25) is 0 Å². The van der Waals surface area contributed by atoms with Crippen molar-refractivity contribution in [2.45, 2.75) is 384 Å². The van der Waals surface area contributed by atoms with Crippen LogP contribution < -0.4 is 5.32 Å². The minimum atomic E-state index is -1.58. The molecule has 11 nitrogen and oxygen atoms in total. The molecular weight excluding hydrogens is 1100 g/mol. The third-order valence-electron chi connectivity index (χ3n) is 17.2. The first-order chi connectivity index (χ1) is 43.2. The van der Waals surface area contributed by atoms with Gasteiger partial charge in [0.2, 0.25) is 5.91 Å². The predicted molar refractivity (Wildman–Crippen MR) is 370 cm³/mol. The van der Waals surface area contributed by atoms with Crippen LogP contribution in [0.3, 0.4) is 0 Å². The number of amides is 1. The lowest BCUT2D eigenvalue weighted by Crippen LogP contribution is -2.60. The maximum atomic E-state index is 13.1. The van der Waals surface area contributed by atoms with Crippen molar-refractivity contribution in [2.75, 3.05) is 19.8 Å². The van der Waals surface area contributed by atoms with Crippen molar-refractivity contribution in [3.8, 4) is 0 Å². The smallest absolute Gasteiger partial charge is 0.305 e. The van der Waals surface area contributed by atoms with Gasteiger partial charge in [-0.2, -0.15) is 0 Å². The van der Waals surface area contributed by atoms with Crippen LogP contribution in [0.15, 0.2) is 72.9 Å². The summed E-state index contributed by atoms with van der Waals surface area (Å²) in [4.78, 5) is 25.1. The molecule has 7 atom stereocenters. The van der Waals surface area contributed by atoms with Gasteiger partial charge in [0.25, 0.3) is 0 Å². The molecule has 0 saturated carbocycles. The summed E-state index contributed by atoms with van der Waals surface area (Å²) in [6, 6.07) is -0.834. The molecule has 0 bridgehead atoms. The van der Waals surface area contributed by atoms with Crippen molar-refractivity contribution < 1.29 is 49.3 Å². The molecule has 0 radical (unpaired) electrons. The van der Waals surface area contributed by atoms with Crippen molar-refractivity contribution in [2.24, 2.45) is 0 Å². The minimum absolute atomic E-state index is 0.000702. The van der Waals surface area contributed by atoms with E-state index in [1.165, 1.54) is 238 Å². The number of aliphatic hydroxyl groups is 5. The molecule has 11 heteroatoms. The molecule has 1 aliphatic rings. The Balaban J connectivity index is 1.95. The molecular formula is C77H139NO10. The summed E-state index contributed by atoms with van der Waals surface area (Å²) in [7, 11) is 0. The molecule has 0 aromatic carbocycles. The van der Waals surface area contributed by atoms with E-state index in [0.29, 0.717) is 19.4 Å². The van der Waals surface area contributed by atoms with Gasteiger partial charge in [-0.3, -0.25) is 9.59 Å². The second-order valence-electron chi connectivity index (χ2n) is 25.6. The first-order valence-corrected chi connectivity index (χ1v) is 37.2. The van der Waals surface area contributed by atoms with Gasteiger partial charge in [-0.25, -0.2) is 0 Å². The molecule has 512 valence electrons. The van der Waals surface area contributed by atoms with E-state index in [-0.39, 0.29) is 18.5 Å². The van der Waals surface area contributed by atoms with Gasteiger partial charge in [0.05, 0.1) is 32.0 Å². The number of aliphatic hydroxyl groups excluding tert-OH is 5. The molecule has 1 aliphatic heterocycles. The highest BCUT2D eigenvalue weighted by Gasteiger charge is 2.44. The van der Waals surface area contributed by atoms with Gasteiger partial charge in [0.15, 0.2) is 6.29 Å². The zero-order chi connectivity index (χ0) is 63.7. The molecule has 0 aromatic rings. The third-order valence-corrected chi connectivity index (χ3v) is 17.2. The van der Waals surface area contributed by atoms with Crippen LogP contribution in [0.4, 0.5) is 0 Å². The molecule has 1 heterocycles. The Morgan fingerprint density at radius 2 is 0.773 bits per heavy atom. The molecule has 0 aromatic heterocycles. The normalized spacial score (nSPS) is 18.2. The predicted octanol–water partition coefficient (Wildman–Crippen LogP) is 19.5. The molecule has 1 fully saturated rings. The Hall–Kier alpha value is -2.90. The van der Waals surface area contributed by atoms with Crippen LogP contribution in [-0.2, 0) is 23.8 Å². The van der Waals surface area contributed by atoms with Gasteiger partial charge >= 0.3 is 5.97 Å². The van der Waals surface area contributed by atoms with E-state index in [2.05, 4.69) is 79.9 Å². The van der Waals surface area contributed by atoms with Crippen molar-refractivity contribution in [3.05, 3.63) is 72.9 Å². The standard InChI is InChI=1S/C77H139NO10/c1-3-5-7-9-11-13-15-40-43-47-51-55-59-63-70(80)69(68-87-77-76(85)75(84)74(83)71(67-79)88-77)78-72(81)64-60-56-52-48-44-41-38-36-34-32-30-28-26-24-22-20-18-17-19-21-23-25-27-29-31-33-35-37-39-42-46-50-54-58-62-66-86-73(82)65-61-57-53-49-45-16-14-12-10-8-6-4-2/h11-14,19,21,25,27,43,47,59,63,69-71,74-77,79-80,83-85H,3-10,15-18,20,22-24,26,28-42,44-46,48-58,60-62,64-68H2,1-2H3,(H,78,81)/b13-11+,14-12-,21-19-,27-25-,47-43+,63-59+. The summed E-state index contributed by atoms with van der Waals surface area (Å²) < 4.78 is 16.7. The van der Waals surface area contributed by atoms with E-state index in [9.17, 15) is 35.1 Å². The fourth-order valence-corrected chi connectivity index (χ4v) is 11.4. The summed E-state index contributed by atoms with van der Waals surface area (Å²) >= 11 is 0. The zero-order valence-electron chi connectivity index (χ0n) is 56.9. The van der Waals surface area contributed by atoms with Crippen molar-refractivity contribution >= 4 is 11.9 Å². The highest BCUT2D eigenvalue weighted by Crippen LogP contribution is 2.23. The molecule has 0 spiro atoms. The van der Waals surface area contributed by atoms with E-state index in [1.54, 1.807) is 6.08 Å². The monoisotopic (exact) mass is 1240 g/mol. The SMILES string of the molecule is CCCCC/C=C\CCCCCCCC(=O)OCCCCCCCCCCCCC/C=C\C/C=C\CCCCCCCCCCCCCCCCCCCC(=O)NC(COC1OC(CO)C(O)C(O)C1O)C(O)/C=C/CC/C=C/CC/C=C/CCCCC. The van der Waals surface area contributed by atoms with Crippen molar-refractivity contribution in [1.82, 2.24) is 5.32 Å². The van der Waals surface area contributed by atoms with Gasteiger partial charge in [-0.15, -0.1) is 0 Å². The first kappa shape index (κ1) is 83.1. The molecule has 88 heavy (non-hydrogen) atoms. The Kier molecular flexibility index (Phi) is 61.9. The van der Waals surface area contributed by atoms with Gasteiger partial charge < -0.3 is 45.1 Å². The molecule has 1 saturated heterocycles. The largest absolute Gasteiger partial charge is 0.466 e. The fraction of sp³-hybridized carbons (Fsp3) is 0.818. The van der Waals surface area contributed by atoms with Gasteiger partial charge in [-0.1, -0.05) is 286 Å². The van der Waals surface area contributed by atoms with E-state index in [0.717, 1.165) is 77.0 Å². The molecule has 1 rings (SSSR count). The fourth-order valence-electron chi connectivity index (χ4n) is 11.4. The Morgan fingerprint density at radius 1 is 0.420 bits per heavy atom. The summed E-state index contributed by atoms with van der Waals surface area (Å²) in [5, 5.41) is 54.5. The van der Waals surface area contributed by atoms with Crippen LogP contribution >= 0.6 is 0 Å². The first-order valence-electron chi connectivity index (χ1n) is 37.2. The topological polar surface area (TPSA) is 175 Å². The van der Waals surface area contributed by atoms with Crippen LogP contribution in [0.1, 0.15) is 341 Å². The number of unbranched alkanes of at least 4 members (excludes halogenated alkanes) is 41. The third kappa shape index (κ3) is 53.7. The van der Waals surface area contributed by atoms with E-state index in [4.69, 9.17) is 14.2 Å². The van der Waals surface area contributed by atoms with E-state index >= 15 is 0 Å². The summed E-state index contributed by atoms with van der Waals surface area (Å²) in [6.07, 6.45) is 79.1. The van der Waals surface area contributed by atoms with Gasteiger partial charge in [0.1, 0.15) is 24.4 Å². The quantitative estimate of drug-likeness (QED) is 0.0195. The van der Waals surface area contributed by atoms with E-state index < -0.39 is 49.5 Å². The number of hydrogen-bond acceptors (Lipinski definition) is 10. The summed E-state index contributed by atoms with van der Waals surface area (Å²) in [6.45, 7) is 4.29. The minimum Gasteiger partial charge on any atom is -0.466 e. The number of nitrogens with one attached hydrogen (secondary N) is 1. The average Bonchev–Trinajstić information content (AvgIpc) is 3.69.